The Bertz CT molecular complexity index is 358. The molecule has 94 valence electrons. The Morgan fingerprint density at radius 3 is 2.24 bits per heavy atom. The van der Waals surface area contributed by atoms with Gasteiger partial charge in [-0.1, -0.05) is 25.5 Å². The smallest absolute Gasteiger partial charge is 0.338 e. The Balaban J connectivity index is 2.64. The van der Waals surface area contributed by atoms with Gasteiger partial charge in [0.2, 0.25) is 0 Å². The zero-order chi connectivity index (χ0) is 12.9. The minimum absolute atomic E-state index is 0.250. The number of esters is 1. The van der Waals surface area contributed by atoms with Gasteiger partial charge in [-0.05, 0) is 51.3 Å². The number of benzene rings is 1. The van der Waals surface area contributed by atoms with Gasteiger partial charge in [-0.2, -0.15) is 0 Å². The average Bonchev–Trinajstić information content (AvgIpc) is 2.24. The van der Waals surface area contributed by atoms with Crippen LogP contribution in [0, 0.1) is 0 Å². The third-order valence-electron chi connectivity index (χ3n) is 2.41. The molecule has 1 aromatic carbocycles. The fourth-order valence-corrected chi connectivity index (χ4v) is 1.53. The Kier molecular flexibility index (Phi) is 4.73. The molecule has 0 fully saturated rings. The van der Waals surface area contributed by atoms with E-state index in [1.165, 1.54) is 18.4 Å². The molecule has 2 nitrogen and oxygen atoms in total. The van der Waals surface area contributed by atoms with Crippen LogP contribution in [-0.4, -0.2) is 11.6 Å². The van der Waals surface area contributed by atoms with Gasteiger partial charge in [0.05, 0.1) is 5.56 Å². The standard InChI is InChI=1S/C15H22O2/c1-5-6-7-12-8-10-13(11-9-12)14(16)17-15(2,3)4/h8-11H,5-7H2,1-4H3. The van der Waals surface area contributed by atoms with Crippen molar-refractivity contribution in [3.63, 3.8) is 0 Å². The number of hydrogen-bond donors (Lipinski definition) is 0. The molecule has 0 unspecified atom stereocenters. The summed E-state index contributed by atoms with van der Waals surface area (Å²) in [6.45, 7) is 7.80. The summed E-state index contributed by atoms with van der Waals surface area (Å²) in [5.74, 6) is -0.250. The fraction of sp³-hybridized carbons (Fsp3) is 0.533. The lowest BCUT2D eigenvalue weighted by atomic mass is 10.1. The summed E-state index contributed by atoms with van der Waals surface area (Å²) < 4.78 is 5.31. The molecule has 0 N–H and O–H groups in total. The summed E-state index contributed by atoms with van der Waals surface area (Å²) in [7, 11) is 0. The predicted octanol–water partition coefficient (Wildman–Crippen LogP) is 3.98. The molecular weight excluding hydrogens is 212 g/mol. The van der Waals surface area contributed by atoms with Crippen LogP contribution in [-0.2, 0) is 11.2 Å². The molecule has 0 atom stereocenters. The number of carbonyl (C=O) groups is 1. The molecule has 0 bridgehead atoms. The van der Waals surface area contributed by atoms with Crippen LogP contribution in [0.1, 0.15) is 56.5 Å². The van der Waals surface area contributed by atoms with E-state index >= 15 is 0 Å². The van der Waals surface area contributed by atoms with Crippen molar-refractivity contribution in [3.8, 4) is 0 Å². The maximum Gasteiger partial charge on any atom is 0.338 e. The first-order valence-electron chi connectivity index (χ1n) is 6.24. The summed E-state index contributed by atoms with van der Waals surface area (Å²) in [4.78, 5) is 11.8. The van der Waals surface area contributed by atoms with Crippen LogP contribution in [0.25, 0.3) is 0 Å². The van der Waals surface area contributed by atoms with E-state index in [1.54, 1.807) is 0 Å². The summed E-state index contributed by atoms with van der Waals surface area (Å²) in [6.07, 6.45) is 3.45. The van der Waals surface area contributed by atoms with Crippen molar-refractivity contribution in [2.45, 2.75) is 52.6 Å². The fourth-order valence-electron chi connectivity index (χ4n) is 1.53. The summed E-state index contributed by atoms with van der Waals surface area (Å²) >= 11 is 0. The number of rotatable bonds is 4. The predicted molar refractivity (Wildman–Crippen MR) is 70.2 cm³/mol. The SMILES string of the molecule is CCCCc1ccc(C(=O)OC(C)(C)C)cc1. The largest absolute Gasteiger partial charge is 0.456 e. The van der Waals surface area contributed by atoms with Crippen molar-refractivity contribution in [1.29, 1.82) is 0 Å². The van der Waals surface area contributed by atoms with Gasteiger partial charge in [-0.3, -0.25) is 0 Å². The highest BCUT2D eigenvalue weighted by Gasteiger charge is 2.17. The molecule has 0 amide bonds. The van der Waals surface area contributed by atoms with Gasteiger partial charge in [0.1, 0.15) is 5.60 Å². The molecule has 1 aromatic rings. The molecule has 0 saturated carbocycles. The topological polar surface area (TPSA) is 26.3 Å². The monoisotopic (exact) mass is 234 g/mol. The molecule has 0 heterocycles. The molecule has 2 heteroatoms. The molecule has 0 radical (unpaired) electrons. The highest BCUT2D eigenvalue weighted by Crippen LogP contribution is 2.13. The molecule has 0 aromatic heterocycles. The van der Waals surface area contributed by atoms with Crippen molar-refractivity contribution in [2.24, 2.45) is 0 Å². The normalized spacial score (nSPS) is 11.3. The third kappa shape index (κ3) is 5.03. The van der Waals surface area contributed by atoms with Gasteiger partial charge < -0.3 is 4.74 Å². The van der Waals surface area contributed by atoms with Crippen molar-refractivity contribution in [1.82, 2.24) is 0 Å². The first-order chi connectivity index (χ1) is 7.92. The maximum absolute atomic E-state index is 11.8. The van der Waals surface area contributed by atoms with Crippen molar-refractivity contribution in [3.05, 3.63) is 35.4 Å². The van der Waals surface area contributed by atoms with Gasteiger partial charge in [0.15, 0.2) is 0 Å². The van der Waals surface area contributed by atoms with Crippen LogP contribution in [0.2, 0.25) is 0 Å². The Morgan fingerprint density at radius 2 is 1.76 bits per heavy atom. The van der Waals surface area contributed by atoms with Gasteiger partial charge >= 0.3 is 5.97 Å². The van der Waals surface area contributed by atoms with E-state index in [0.717, 1.165) is 6.42 Å². The summed E-state index contributed by atoms with van der Waals surface area (Å²) in [6, 6.07) is 7.71. The Labute approximate surface area is 104 Å². The quantitative estimate of drug-likeness (QED) is 0.736. The highest BCUT2D eigenvalue weighted by molar-refractivity contribution is 5.89. The van der Waals surface area contributed by atoms with Crippen molar-refractivity contribution < 1.29 is 9.53 Å². The van der Waals surface area contributed by atoms with E-state index in [0.29, 0.717) is 5.56 Å². The van der Waals surface area contributed by atoms with Gasteiger partial charge in [0.25, 0.3) is 0 Å². The molecule has 17 heavy (non-hydrogen) atoms. The molecule has 0 spiro atoms. The van der Waals surface area contributed by atoms with E-state index in [2.05, 4.69) is 6.92 Å². The maximum atomic E-state index is 11.8. The molecule has 0 saturated heterocycles. The molecular formula is C15H22O2. The zero-order valence-electron chi connectivity index (χ0n) is 11.2. The van der Waals surface area contributed by atoms with Crippen molar-refractivity contribution in [2.75, 3.05) is 0 Å². The minimum atomic E-state index is -0.433. The second-order valence-electron chi connectivity index (χ2n) is 5.30. The average molecular weight is 234 g/mol. The van der Waals surface area contributed by atoms with E-state index in [9.17, 15) is 4.79 Å². The lowest BCUT2D eigenvalue weighted by molar-refractivity contribution is 0.00695. The number of carbonyl (C=O) groups excluding carboxylic acids is 1. The summed E-state index contributed by atoms with van der Waals surface area (Å²) in [5, 5.41) is 0. The van der Waals surface area contributed by atoms with Gasteiger partial charge in [-0.15, -0.1) is 0 Å². The first kappa shape index (κ1) is 13.8. The second kappa shape index (κ2) is 5.85. The Morgan fingerprint density at radius 1 is 1.18 bits per heavy atom. The van der Waals surface area contributed by atoms with E-state index < -0.39 is 5.60 Å². The Hall–Kier alpha value is -1.31. The van der Waals surface area contributed by atoms with Crippen LogP contribution >= 0.6 is 0 Å². The van der Waals surface area contributed by atoms with Crippen LogP contribution < -0.4 is 0 Å². The number of ether oxygens (including phenoxy) is 1. The van der Waals surface area contributed by atoms with E-state index in [4.69, 9.17) is 4.74 Å². The number of aryl methyl sites for hydroxylation is 1. The van der Waals surface area contributed by atoms with Crippen molar-refractivity contribution >= 4 is 5.97 Å². The molecule has 0 aliphatic carbocycles. The number of hydrogen-bond acceptors (Lipinski definition) is 2. The molecule has 0 aliphatic heterocycles. The second-order valence-corrected chi connectivity index (χ2v) is 5.30. The summed E-state index contributed by atoms with van der Waals surface area (Å²) in [5.41, 5.74) is 1.47. The highest BCUT2D eigenvalue weighted by atomic mass is 16.6. The first-order valence-corrected chi connectivity index (χ1v) is 6.24. The minimum Gasteiger partial charge on any atom is -0.456 e. The lowest BCUT2D eigenvalue weighted by Crippen LogP contribution is -2.23. The third-order valence-corrected chi connectivity index (χ3v) is 2.41. The molecule has 1 rings (SSSR count). The van der Waals surface area contributed by atoms with Crippen LogP contribution in [0.4, 0.5) is 0 Å². The van der Waals surface area contributed by atoms with Crippen LogP contribution in [0.15, 0.2) is 24.3 Å². The van der Waals surface area contributed by atoms with Crippen LogP contribution in [0.3, 0.4) is 0 Å². The molecule has 0 aliphatic rings. The number of unbranched alkanes of at least 4 members (excludes halogenated alkanes) is 1. The lowest BCUT2D eigenvalue weighted by Gasteiger charge is -2.19. The van der Waals surface area contributed by atoms with Gasteiger partial charge in [-0.25, -0.2) is 4.79 Å². The van der Waals surface area contributed by atoms with Gasteiger partial charge in [0, 0.05) is 0 Å². The van der Waals surface area contributed by atoms with Crippen LogP contribution in [0.5, 0.6) is 0 Å². The zero-order valence-corrected chi connectivity index (χ0v) is 11.2. The van der Waals surface area contributed by atoms with E-state index in [1.807, 2.05) is 45.0 Å². The van der Waals surface area contributed by atoms with E-state index in [-0.39, 0.29) is 5.97 Å².